The Morgan fingerprint density at radius 1 is 0.714 bits per heavy atom. The molecule has 0 fully saturated rings. The zero-order chi connectivity index (χ0) is 20.6. The highest BCUT2D eigenvalue weighted by atomic mass is 16.4. The number of rotatable bonds is 4. The van der Waals surface area contributed by atoms with E-state index in [1.165, 1.54) is 0 Å². The number of aryl methyl sites for hydroxylation is 4. The maximum atomic E-state index is 11.2. The van der Waals surface area contributed by atoms with Gasteiger partial charge in [0.05, 0.1) is 5.56 Å². The van der Waals surface area contributed by atoms with Crippen LogP contribution in [0.5, 0.6) is 11.5 Å². The van der Waals surface area contributed by atoms with Gasteiger partial charge in [0.1, 0.15) is 11.5 Å². The SMILES string of the molecule is Cc1cc(C(c2ccc(C(=O)O)cc2)c2cc(C)c(O)cc2C)c(C)cc1O. The lowest BCUT2D eigenvalue weighted by Crippen LogP contribution is -2.09. The fraction of sp³-hybridized carbons (Fsp3) is 0.208. The summed E-state index contributed by atoms with van der Waals surface area (Å²) in [5, 5.41) is 29.4. The Bertz CT molecular complexity index is 992. The van der Waals surface area contributed by atoms with Gasteiger partial charge in [-0.2, -0.15) is 0 Å². The standard InChI is InChI=1S/C24H24O4/c1-13-11-21(25)15(3)9-19(13)23(17-5-7-18(8-6-17)24(27)28)20-10-16(4)22(26)12-14(20)2/h5-12,23,25-26H,1-4H3,(H,27,28). The first-order chi connectivity index (χ1) is 13.2. The molecule has 3 aromatic rings. The molecule has 0 aliphatic carbocycles. The van der Waals surface area contributed by atoms with E-state index in [0.717, 1.165) is 38.9 Å². The third kappa shape index (κ3) is 3.58. The number of aromatic hydroxyl groups is 2. The molecule has 0 radical (unpaired) electrons. The van der Waals surface area contributed by atoms with Crippen LogP contribution in [0.15, 0.2) is 48.5 Å². The molecule has 0 bridgehead atoms. The van der Waals surface area contributed by atoms with Gasteiger partial charge in [0, 0.05) is 5.92 Å². The number of carboxylic acids is 1. The molecule has 3 aromatic carbocycles. The summed E-state index contributed by atoms with van der Waals surface area (Å²) < 4.78 is 0. The molecule has 0 aromatic heterocycles. The van der Waals surface area contributed by atoms with Crippen molar-refractivity contribution in [3.8, 4) is 11.5 Å². The Morgan fingerprint density at radius 3 is 1.54 bits per heavy atom. The molecule has 3 rings (SSSR count). The van der Waals surface area contributed by atoms with E-state index in [1.807, 2.05) is 52.0 Å². The van der Waals surface area contributed by atoms with Crippen LogP contribution in [0.25, 0.3) is 0 Å². The molecule has 0 heterocycles. The summed E-state index contributed by atoms with van der Waals surface area (Å²) >= 11 is 0. The predicted molar refractivity (Wildman–Crippen MR) is 110 cm³/mol. The Kier molecular flexibility index (Phi) is 5.14. The fourth-order valence-electron chi connectivity index (χ4n) is 3.61. The summed E-state index contributed by atoms with van der Waals surface area (Å²) in [6.45, 7) is 7.63. The quantitative estimate of drug-likeness (QED) is 0.546. The molecule has 0 unspecified atom stereocenters. The first-order valence-corrected chi connectivity index (χ1v) is 9.12. The van der Waals surface area contributed by atoms with Crippen LogP contribution in [0.2, 0.25) is 0 Å². The molecule has 28 heavy (non-hydrogen) atoms. The van der Waals surface area contributed by atoms with Crippen LogP contribution in [0.3, 0.4) is 0 Å². The van der Waals surface area contributed by atoms with Crippen LogP contribution >= 0.6 is 0 Å². The van der Waals surface area contributed by atoms with Crippen molar-refractivity contribution in [3.63, 3.8) is 0 Å². The van der Waals surface area contributed by atoms with Crippen LogP contribution in [-0.4, -0.2) is 21.3 Å². The number of benzene rings is 3. The summed E-state index contributed by atoms with van der Waals surface area (Å²) in [7, 11) is 0. The van der Waals surface area contributed by atoms with Crippen molar-refractivity contribution in [2.24, 2.45) is 0 Å². The van der Waals surface area contributed by atoms with E-state index < -0.39 is 5.97 Å². The number of carboxylic acid groups (broad SMARTS) is 1. The van der Waals surface area contributed by atoms with Crippen molar-refractivity contribution >= 4 is 5.97 Å². The second kappa shape index (κ2) is 7.39. The van der Waals surface area contributed by atoms with E-state index in [0.29, 0.717) is 0 Å². The second-order valence-corrected chi connectivity index (χ2v) is 7.35. The van der Waals surface area contributed by atoms with Gasteiger partial charge in [-0.15, -0.1) is 0 Å². The summed E-state index contributed by atoms with van der Waals surface area (Å²) in [5.74, 6) is -0.613. The van der Waals surface area contributed by atoms with Gasteiger partial charge in [-0.1, -0.05) is 24.3 Å². The average molecular weight is 376 g/mol. The summed E-state index contributed by atoms with van der Waals surface area (Å²) in [4.78, 5) is 11.2. The van der Waals surface area contributed by atoms with E-state index >= 15 is 0 Å². The largest absolute Gasteiger partial charge is 0.508 e. The molecule has 0 saturated heterocycles. The summed E-state index contributed by atoms with van der Waals surface area (Å²) in [5.41, 5.74) is 6.70. The van der Waals surface area contributed by atoms with E-state index in [2.05, 4.69) is 0 Å². The molecule has 0 aliphatic rings. The molecule has 4 nitrogen and oxygen atoms in total. The first-order valence-electron chi connectivity index (χ1n) is 9.12. The normalized spacial score (nSPS) is 11.0. The third-order valence-electron chi connectivity index (χ3n) is 5.28. The lowest BCUT2D eigenvalue weighted by atomic mass is 9.80. The van der Waals surface area contributed by atoms with Crippen LogP contribution in [0.4, 0.5) is 0 Å². The van der Waals surface area contributed by atoms with E-state index in [9.17, 15) is 20.1 Å². The van der Waals surface area contributed by atoms with Gasteiger partial charge in [-0.3, -0.25) is 0 Å². The van der Waals surface area contributed by atoms with Crippen molar-refractivity contribution < 1.29 is 20.1 Å². The Morgan fingerprint density at radius 2 is 1.14 bits per heavy atom. The van der Waals surface area contributed by atoms with Gasteiger partial charge in [-0.05, 0) is 90.9 Å². The molecule has 0 aliphatic heterocycles. The van der Waals surface area contributed by atoms with Gasteiger partial charge in [0.2, 0.25) is 0 Å². The second-order valence-electron chi connectivity index (χ2n) is 7.35. The summed E-state index contributed by atoms with van der Waals surface area (Å²) in [6, 6.07) is 14.3. The molecule has 0 amide bonds. The van der Waals surface area contributed by atoms with Crippen molar-refractivity contribution in [3.05, 3.63) is 93.0 Å². The minimum atomic E-state index is -0.962. The number of hydrogen-bond acceptors (Lipinski definition) is 3. The molecule has 4 heteroatoms. The number of carbonyl (C=O) groups is 1. The highest BCUT2D eigenvalue weighted by Gasteiger charge is 2.23. The number of aromatic carboxylic acids is 1. The summed E-state index contributed by atoms with van der Waals surface area (Å²) in [6.07, 6.45) is 0. The van der Waals surface area contributed by atoms with E-state index in [1.54, 1.807) is 24.3 Å². The molecule has 0 spiro atoms. The molecule has 0 atom stereocenters. The Hall–Kier alpha value is -3.27. The minimum Gasteiger partial charge on any atom is -0.508 e. The maximum absolute atomic E-state index is 11.2. The molecule has 3 N–H and O–H groups in total. The minimum absolute atomic E-state index is 0.151. The molecular weight excluding hydrogens is 352 g/mol. The highest BCUT2D eigenvalue weighted by Crippen LogP contribution is 2.39. The van der Waals surface area contributed by atoms with Gasteiger partial charge in [-0.25, -0.2) is 4.79 Å². The monoisotopic (exact) mass is 376 g/mol. The third-order valence-corrected chi connectivity index (χ3v) is 5.28. The smallest absolute Gasteiger partial charge is 0.335 e. The lowest BCUT2D eigenvalue weighted by Gasteiger charge is -2.24. The van der Waals surface area contributed by atoms with E-state index in [4.69, 9.17) is 0 Å². The van der Waals surface area contributed by atoms with Gasteiger partial charge < -0.3 is 15.3 Å². The Balaban J connectivity index is 2.27. The zero-order valence-electron chi connectivity index (χ0n) is 16.4. The first kappa shape index (κ1) is 19.5. The topological polar surface area (TPSA) is 77.8 Å². The molecule has 144 valence electrons. The average Bonchev–Trinajstić information content (AvgIpc) is 2.64. The fourth-order valence-corrected chi connectivity index (χ4v) is 3.61. The zero-order valence-corrected chi connectivity index (χ0v) is 16.4. The van der Waals surface area contributed by atoms with Crippen molar-refractivity contribution in [2.45, 2.75) is 33.6 Å². The van der Waals surface area contributed by atoms with Crippen LogP contribution in [-0.2, 0) is 0 Å². The van der Waals surface area contributed by atoms with Crippen LogP contribution < -0.4 is 0 Å². The van der Waals surface area contributed by atoms with Crippen molar-refractivity contribution in [2.75, 3.05) is 0 Å². The molecular formula is C24H24O4. The molecule has 0 saturated carbocycles. The van der Waals surface area contributed by atoms with Crippen LogP contribution in [0, 0.1) is 27.7 Å². The van der Waals surface area contributed by atoms with Gasteiger partial charge >= 0.3 is 5.97 Å². The van der Waals surface area contributed by atoms with Crippen molar-refractivity contribution in [1.29, 1.82) is 0 Å². The van der Waals surface area contributed by atoms with Gasteiger partial charge in [0.25, 0.3) is 0 Å². The van der Waals surface area contributed by atoms with Gasteiger partial charge in [0.15, 0.2) is 0 Å². The number of phenolic OH excluding ortho intramolecular Hbond substituents is 2. The van der Waals surface area contributed by atoms with Crippen molar-refractivity contribution in [1.82, 2.24) is 0 Å². The van der Waals surface area contributed by atoms with Crippen LogP contribution in [0.1, 0.15) is 55.2 Å². The van der Waals surface area contributed by atoms with E-state index in [-0.39, 0.29) is 23.0 Å². The highest BCUT2D eigenvalue weighted by molar-refractivity contribution is 5.87. The predicted octanol–water partition coefficient (Wildman–Crippen LogP) is 5.21. The number of hydrogen-bond donors (Lipinski definition) is 3. The Labute approximate surface area is 164 Å². The maximum Gasteiger partial charge on any atom is 0.335 e. The lowest BCUT2D eigenvalue weighted by molar-refractivity contribution is 0.0697. The number of phenols is 2.